The van der Waals surface area contributed by atoms with Crippen molar-refractivity contribution in [3.05, 3.63) is 0 Å². The predicted molar refractivity (Wildman–Crippen MR) is 66.2 cm³/mol. The molecule has 0 aliphatic carbocycles. The van der Waals surface area contributed by atoms with Crippen molar-refractivity contribution in [3.8, 4) is 0 Å². The highest BCUT2D eigenvalue weighted by Gasteiger charge is 2.34. The van der Waals surface area contributed by atoms with Gasteiger partial charge in [-0.1, -0.05) is 6.92 Å². The number of hydrogen-bond donors (Lipinski definition) is 3. The van der Waals surface area contributed by atoms with Crippen LogP contribution in [0.1, 0.15) is 26.7 Å². The molecule has 1 aliphatic heterocycles. The molecular formula is C12H22N2O4. The summed E-state index contributed by atoms with van der Waals surface area (Å²) < 4.78 is 5.16. The number of carbonyl (C=O) groups is 2. The van der Waals surface area contributed by atoms with Crippen LogP contribution in [-0.2, 0) is 14.3 Å². The number of carboxylic acids is 1. The van der Waals surface area contributed by atoms with E-state index in [1.165, 1.54) is 0 Å². The normalized spacial score (nSPS) is 26.6. The van der Waals surface area contributed by atoms with Crippen LogP contribution in [-0.4, -0.2) is 49.3 Å². The first-order valence-corrected chi connectivity index (χ1v) is 6.20. The highest BCUT2D eigenvalue weighted by molar-refractivity contribution is 5.83. The van der Waals surface area contributed by atoms with Crippen molar-refractivity contribution in [2.24, 2.45) is 5.41 Å². The molecule has 0 saturated carbocycles. The molecule has 0 aromatic rings. The lowest BCUT2D eigenvalue weighted by Gasteiger charge is -2.24. The monoisotopic (exact) mass is 258 g/mol. The number of carboxylic acid groups (broad SMARTS) is 1. The average molecular weight is 258 g/mol. The minimum atomic E-state index is -0.908. The van der Waals surface area contributed by atoms with E-state index in [2.05, 4.69) is 10.6 Å². The van der Waals surface area contributed by atoms with Crippen molar-refractivity contribution in [2.45, 2.75) is 38.8 Å². The van der Waals surface area contributed by atoms with Crippen LogP contribution in [0.15, 0.2) is 0 Å². The number of aliphatic carboxylic acids is 1. The van der Waals surface area contributed by atoms with Crippen LogP contribution in [0.2, 0.25) is 0 Å². The van der Waals surface area contributed by atoms with Crippen molar-refractivity contribution in [1.29, 1.82) is 0 Å². The third-order valence-electron chi connectivity index (χ3n) is 3.69. The molecule has 6 heteroatoms. The van der Waals surface area contributed by atoms with E-state index in [0.717, 1.165) is 0 Å². The lowest BCUT2D eigenvalue weighted by atomic mass is 9.87. The van der Waals surface area contributed by atoms with Gasteiger partial charge in [0.05, 0.1) is 17.6 Å². The van der Waals surface area contributed by atoms with E-state index in [1.54, 1.807) is 21.0 Å². The quantitative estimate of drug-likeness (QED) is 0.623. The second kappa shape index (κ2) is 6.15. The van der Waals surface area contributed by atoms with Crippen molar-refractivity contribution in [1.82, 2.24) is 10.6 Å². The van der Waals surface area contributed by atoms with Crippen molar-refractivity contribution >= 4 is 11.9 Å². The van der Waals surface area contributed by atoms with Crippen molar-refractivity contribution in [2.75, 3.05) is 20.2 Å². The second-order valence-electron chi connectivity index (χ2n) is 4.99. The highest BCUT2D eigenvalue weighted by Crippen LogP contribution is 2.20. The minimum absolute atomic E-state index is 0.0535. The maximum absolute atomic E-state index is 11.9. The Labute approximate surface area is 107 Å². The van der Waals surface area contributed by atoms with Gasteiger partial charge in [0.15, 0.2) is 0 Å². The predicted octanol–water partition coefficient (Wildman–Crippen LogP) is -0.0196. The number of hydrogen-bond acceptors (Lipinski definition) is 4. The van der Waals surface area contributed by atoms with E-state index in [0.29, 0.717) is 19.4 Å². The molecule has 0 aromatic heterocycles. The maximum atomic E-state index is 11.9. The molecule has 0 bridgehead atoms. The Kier molecular flexibility index (Phi) is 5.10. The molecule has 1 aliphatic rings. The first-order chi connectivity index (χ1) is 8.42. The van der Waals surface area contributed by atoms with Crippen LogP contribution >= 0.6 is 0 Å². The van der Waals surface area contributed by atoms with Gasteiger partial charge in [0.2, 0.25) is 5.91 Å². The summed E-state index contributed by atoms with van der Waals surface area (Å²) in [6, 6.07) is -0.287. The summed E-state index contributed by atoms with van der Waals surface area (Å²) in [5, 5.41) is 14.9. The Morgan fingerprint density at radius 1 is 1.56 bits per heavy atom. The number of rotatable bonds is 6. The third kappa shape index (κ3) is 3.43. The minimum Gasteiger partial charge on any atom is -0.481 e. The van der Waals surface area contributed by atoms with Crippen molar-refractivity contribution in [3.63, 3.8) is 0 Å². The topological polar surface area (TPSA) is 87.7 Å². The molecule has 0 aromatic carbocycles. The lowest BCUT2D eigenvalue weighted by molar-refractivity contribution is -0.148. The fourth-order valence-corrected chi connectivity index (χ4v) is 1.84. The van der Waals surface area contributed by atoms with Gasteiger partial charge in [0.1, 0.15) is 0 Å². The summed E-state index contributed by atoms with van der Waals surface area (Å²) in [5.74, 6) is -1.05. The molecule has 1 heterocycles. The van der Waals surface area contributed by atoms with Gasteiger partial charge in [0, 0.05) is 20.2 Å². The zero-order chi connectivity index (χ0) is 13.8. The molecule has 1 amide bonds. The Balaban J connectivity index is 2.44. The van der Waals surface area contributed by atoms with Gasteiger partial charge in [-0.2, -0.15) is 0 Å². The standard InChI is InChI=1S/C12H22N2O4/c1-4-12(2,11(16)17)7-14-10(15)9-5-8(18-3)6-13-9/h8-9,13H,4-7H2,1-3H3,(H,14,15)(H,16,17). The number of ether oxygens (including phenoxy) is 1. The molecule has 1 saturated heterocycles. The molecule has 1 rings (SSSR count). The fraction of sp³-hybridized carbons (Fsp3) is 0.833. The molecule has 1 fully saturated rings. The molecule has 6 nitrogen and oxygen atoms in total. The van der Waals surface area contributed by atoms with Gasteiger partial charge < -0.3 is 20.5 Å². The van der Waals surface area contributed by atoms with Gasteiger partial charge in [-0.25, -0.2) is 0 Å². The summed E-state index contributed by atoms with van der Waals surface area (Å²) in [5.41, 5.74) is -0.908. The number of carbonyl (C=O) groups excluding carboxylic acids is 1. The largest absolute Gasteiger partial charge is 0.481 e. The Hall–Kier alpha value is -1.14. The van der Waals surface area contributed by atoms with Crippen LogP contribution < -0.4 is 10.6 Å². The molecule has 3 unspecified atom stereocenters. The number of amides is 1. The van der Waals surface area contributed by atoms with Gasteiger partial charge in [0.25, 0.3) is 0 Å². The summed E-state index contributed by atoms with van der Waals surface area (Å²) in [6.07, 6.45) is 1.15. The Bertz CT molecular complexity index is 321. The molecule has 0 radical (unpaired) electrons. The Morgan fingerprint density at radius 2 is 2.22 bits per heavy atom. The summed E-state index contributed by atoms with van der Waals surface area (Å²) in [6.45, 7) is 4.23. The van der Waals surface area contributed by atoms with Crippen LogP contribution in [0.4, 0.5) is 0 Å². The second-order valence-corrected chi connectivity index (χ2v) is 4.99. The van der Waals surface area contributed by atoms with E-state index in [1.807, 2.05) is 0 Å². The SMILES string of the molecule is CCC(C)(CNC(=O)C1CC(OC)CN1)C(=O)O. The molecule has 0 spiro atoms. The highest BCUT2D eigenvalue weighted by atomic mass is 16.5. The van der Waals surface area contributed by atoms with Gasteiger partial charge in [-0.05, 0) is 19.8 Å². The third-order valence-corrected chi connectivity index (χ3v) is 3.69. The average Bonchev–Trinajstić information content (AvgIpc) is 2.84. The van der Waals surface area contributed by atoms with Crippen LogP contribution in [0.3, 0.4) is 0 Å². The molecule has 3 N–H and O–H groups in total. The number of methoxy groups -OCH3 is 1. The first kappa shape index (κ1) is 14.9. The number of nitrogens with one attached hydrogen (secondary N) is 2. The van der Waals surface area contributed by atoms with E-state index >= 15 is 0 Å². The van der Waals surface area contributed by atoms with Gasteiger partial charge in [-0.15, -0.1) is 0 Å². The lowest BCUT2D eigenvalue weighted by Crippen LogP contribution is -2.46. The van der Waals surface area contributed by atoms with Crippen molar-refractivity contribution < 1.29 is 19.4 Å². The zero-order valence-electron chi connectivity index (χ0n) is 11.2. The van der Waals surface area contributed by atoms with Gasteiger partial charge >= 0.3 is 5.97 Å². The van der Waals surface area contributed by atoms with E-state index in [4.69, 9.17) is 9.84 Å². The Morgan fingerprint density at radius 3 is 2.67 bits per heavy atom. The van der Waals surface area contributed by atoms with E-state index in [-0.39, 0.29) is 24.6 Å². The fourth-order valence-electron chi connectivity index (χ4n) is 1.84. The zero-order valence-corrected chi connectivity index (χ0v) is 11.2. The smallest absolute Gasteiger partial charge is 0.311 e. The van der Waals surface area contributed by atoms with Crippen LogP contribution in [0, 0.1) is 5.41 Å². The molecule has 3 atom stereocenters. The van der Waals surface area contributed by atoms with Crippen LogP contribution in [0.25, 0.3) is 0 Å². The van der Waals surface area contributed by atoms with Gasteiger partial charge in [-0.3, -0.25) is 9.59 Å². The van der Waals surface area contributed by atoms with Crippen LogP contribution in [0.5, 0.6) is 0 Å². The van der Waals surface area contributed by atoms with E-state index < -0.39 is 11.4 Å². The molecular weight excluding hydrogens is 236 g/mol. The summed E-state index contributed by atoms with van der Waals surface area (Å²) in [7, 11) is 1.62. The summed E-state index contributed by atoms with van der Waals surface area (Å²) in [4.78, 5) is 23.0. The van der Waals surface area contributed by atoms with E-state index in [9.17, 15) is 9.59 Å². The maximum Gasteiger partial charge on any atom is 0.311 e. The molecule has 18 heavy (non-hydrogen) atoms. The summed E-state index contributed by atoms with van der Waals surface area (Å²) >= 11 is 0. The molecule has 104 valence electrons. The first-order valence-electron chi connectivity index (χ1n) is 6.20.